The summed E-state index contributed by atoms with van der Waals surface area (Å²) in [5, 5.41) is 0. The maximum absolute atomic E-state index is 13.2. The Morgan fingerprint density at radius 3 is 2.64 bits per heavy atom. The number of nitrogens with one attached hydrogen (secondary N) is 1. The molecule has 0 unspecified atom stereocenters. The molecule has 2 aromatic heterocycles. The number of imidazole rings is 1. The first-order chi connectivity index (χ1) is 13.6. The lowest BCUT2D eigenvalue weighted by molar-refractivity contribution is -0.148. The van der Waals surface area contributed by atoms with Crippen molar-refractivity contribution in [1.82, 2.24) is 24.3 Å². The minimum absolute atomic E-state index is 0.0669. The Bertz CT molecular complexity index is 902. The first-order valence-corrected chi connectivity index (χ1v) is 10.3. The molecule has 28 heavy (non-hydrogen) atoms. The molecule has 0 atom stereocenters. The van der Waals surface area contributed by atoms with E-state index in [1.165, 1.54) is 0 Å². The summed E-state index contributed by atoms with van der Waals surface area (Å²) in [6.45, 7) is 2.03. The van der Waals surface area contributed by atoms with Gasteiger partial charge in [0.1, 0.15) is 5.69 Å². The predicted octanol–water partition coefficient (Wildman–Crippen LogP) is 2.06. The molecule has 1 spiro atoms. The summed E-state index contributed by atoms with van der Waals surface area (Å²) < 4.78 is 1.87. The van der Waals surface area contributed by atoms with Gasteiger partial charge >= 0.3 is 0 Å². The van der Waals surface area contributed by atoms with E-state index in [1.807, 2.05) is 34.8 Å². The van der Waals surface area contributed by atoms with Gasteiger partial charge in [-0.25, -0.2) is 4.98 Å². The first kappa shape index (κ1) is 17.5. The van der Waals surface area contributed by atoms with Crippen LogP contribution in [-0.4, -0.2) is 55.8 Å². The van der Waals surface area contributed by atoms with Gasteiger partial charge in [0.2, 0.25) is 5.91 Å². The number of hydrogen-bond donors (Lipinski definition) is 1. The number of carbonyl (C=O) groups excluding carboxylic acids is 2. The Labute approximate surface area is 164 Å². The van der Waals surface area contributed by atoms with Crippen molar-refractivity contribution < 1.29 is 9.59 Å². The average Bonchev–Trinajstić information content (AvgIpc) is 3.30. The van der Waals surface area contributed by atoms with E-state index in [0.29, 0.717) is 24.7 Å². The Morgan fingerprint density at radius 2 is 2.00 bits per heavy atom. The second-order valence-electron chi connectivity index (χ2n) is 8.43. The highest BCUT2D eigenvalue weighted by molar-refractivity contribution is 5.93. The number of H-pyrrole nitrogens is 1. The number of rotatable bonds is 2. The van der Waals surface area contributed by atoms with Gasteiger partial charge < -0.3 is 19.4 Å². The number of piperidine rings is 1. The van der Waals surface area contributed by atoms with Crippen LogP contribution in [0.25, 0.3) is 0 Å². The Balaban J connectivity index is 1.42. The summed E-state index contributed by atoms with van der Waals surface area (Å²) in [6, 6.07) is 3.76. The van der Waals surface area contributed by atoms with Gasteiger partial charge in [0, 0.05) is 50.9 Å². The SMILES string of the molecule is Cn1cccc1C(=O)N1CCC2(CC1)c1nc[nH]c1CCN2C(=O)C1CCC1. The quantitative estimate of drug-likeness (QED) is 0.865. The van der Waals surface area contributed by atoms with Crippen LogP contribution < -0.4 is 0 Å². The summed E-state index contributed by atoms with van der Waals surface area (Å²) in [7, 11) is 1.90. The zero-order chi connectivity index (χ0) is 19.3. The number of carbonyl (C=O) groups is 2. The first-order valence-electron chi connectivity index (χ1n) is 10.3. The molecule has 1 aliphatic carbocycles. The van der Waals surface area contributed by atoms with Crippen molar-refractivity contribution in [1.29, 1.82) is 0 Å². The molecule has 5 rings (SSSR count). The van der Waals surface area contributed by atoms with Crippen molar-refractivity contribution in [3.63, 3.8) is 0 Å². The van der Waals surface area contributed by atoms with Gasteiger partial charge in [-0.2, -0.15) is 0 Å². The molecule has 0 bridgehead atoms. The minimum atomic E-state index is -0.370. The van der Waals surface area contributed by atoms with E-state index < -0.39 is 0 Å². The molecule has 2 fully saturated rings. The third-order valence-corrected chi connectivity index (χ3v) is 7.02. The van der Waals surface area contributed by atoms with Crippen LogP contribution in [0.5, 0.6) is 0 Å². The van der Waals surface area contributed by atoms with E-state index in [-0.39, 0.29) is 17.4 Å². The molecule has 148 valence electrons. The van der Waals surface area contributed by atoms with Crippen molar-refractivity contribution in [2.45, 2.75) is 44.1 Å². The fourth-order valence-electron chi connectivity index (χ4n) is 5.11. The molecular formula is C21H27N5O2. The van der Waals surface area contributed by atoms with Crippen LogP contribution in [0, 0.1) is 5.92 Å². The lowest BCUT2D eigenvalue weighted by Crippen LogP contribution is -2.60. The molecule has 1 saturated carbocycles. The van der Waals surface area contributed by atoms with E-state index in [0.717, 1.165) is 56.5 Å². The largest absolute Gasteiger partial charge is 0.348 e. The summed E-state index contributed by atoms with van der Waals surface area (Å²) in [4.78, 5) is 38.1. The summed E-state index contributed by atoms with van der Waals surface area (Å²) in [5.74, 6) is 0.541. The van der Waals surface area contributed by atoms with Gasteiger partial charge in [0.15, 0.2) is 0 Å². The van der Waals surface area contributed by atoms with Crippen LogP contribution in [0.3, 0.4) is 0 Å². The molecule has 2 amide bonds. The highest BCUT2D eigenvalue weighted by atomic mass is 16.2. The molecule has 1 saturated heterocycles. The van der Waals surface area contributed by atoms with Crippen LogP contribution in [0.1, 0.15) is 54.0 Å². The third kappa shape index (κ3) is 2.52. The van der Waals surface area contributed by atoms with Gasteiger partial charge in [-0.05, 0) is 37.8 Å². The Morgan fingerprint density at radius 1 is 1.21 bits per heavy atom. The average molecular weight is 381 g/mol. The zero-order valence-corrected chi connectivity index (χ0v) is 16.4. The molecule has 2 aliphatic heterocycles. The van der Waals surface area contributed by atoms with Crippen molar-refractivity contribution in [3.05, 3.63) is 41.7 Å². The number of likely N-dealkylation sites (tertiary alicyclic amines) is 1. The second kappa shape index (κ2) is 6.50. The van der Waals surface area contributed by atoms with E-state index in [2.05, 4.69) is 14.9 Å². The van der Waals surface area contributed by atoms with Crippen LogP contribution >= 0.6 is 0 Å². The standard InChI is InChI=1S/C21H27N5O2/c1-24-10-3-6-17(24)20(28)25-12-8-21(9-13-25)18-16(22-14-23-18)7-11-26(21)19(27)15-4-2-5-15/h3,6,10,14-15H,2,4-5,7-9,11-13H2,1H3,(H,22,23). The van der Waals surface area contributed by atoms with Gasteiger partial charge in [0.25, 0.3) is 5.91 Å². The number of nitrogens with zero attached hydrogens (tertiary/aromatic N) is 4. The molecule has 0 radical (unpaired) electrons. The number of fused-ring (bicyclic) bond motifs is 2. The topological polar surface area (TPSA) is 74.2 Å². The fourth-order valence-corrected chi connectivity index (χ4v) is 5.11. The Hall–Kier alpha value is -2.57. The van der Waals surface area contributed by atoms with E-state index in [9.17, 15) is 9.59 Å². The van der Waals surface area contributed by atoms with Crippen molar-refractivity contribution in [3.8, 4) is 0 Å². The number of amides is 2. The lowest BCUT2D eigenvalue weighted by atomic mass is 9.76. The highest BCUT2D eigenvalue weighted by Gasteiger charge is 2.50. The highest BCUT2D eigenvalue weighted by Crippen LogP contribution is 2.44. The molecule has 4 heterocycles. The number of aromatic amines is 1. The van der Waals surface area contributed by atoms with E-state index in [1.54, 1.807) is 6.33 Å². The van der Waals surface area contributed by atoms with E-state index in [4.69, 9.17) is 0 Å². The number of hydrogen-bond acceptors (Lipinski definition) is 3. The lowest BCUT2D eigenvalue weighted by Gasteiger charge is -2.51. The molecule has 3 aliphatic rings. The second-order valence-corrected chi connectivity index (χ2v) is 8.43. The molecule has 7 heteroatoms. The van der Waals surface area contributed by atoms with Crippen LogP contribution in [-0.2, 0) is 23.8 Å². The summed E-state index contributed by atoms with van der Waals surface area (Å²) >= 11 is 0. The van der Waals surface area contributed by atoms with Gasteiger partial charge in [-0.1, -0.05) is 6.42 Å². The molecule has 0 aromatic carbocycles. The van der Waals surface area contributed by atoms with Gasteiger partial charge in [0.05, 0.1) is 17.6 Å². The van der Waals surface area contributed by atoms with Crippen molar-refractivity contribution >= 4 is 11.8 Å². The summed E-state index contributed by atoms with van der Waals surface area (Å²) in [5.41, 5.74) is 2.52. The monoisotopic (exact) mass is 381 g/mol. The fraction of sp³-hybridized carbons (Fsp3) is 0.571. The van der Waals surface area contributed by atoms with Crippen LogP contribution in [0.15, 0.2) is 24.7 Å². The van der Waals surface area contributed by atoms with E-state index >= 15 is 0 Å². The minimum Gasteiger partial charge on any atom is -0.348 e. The molecule has 1 N–H and O–H groups in total. The zero-order valence-electron chi connectivity index (χ0n) is 16.4. The summed E-state index contributed by atoms with van der Waals surface area (Å²) in [6.07, 6.45) is 9.16. The predicted molar refractivity (Wildman–Crippen MR) is 104 cm³/mol. The maximum Gasteiger partial charge on any atom is 0.270 e. The van der Waals surface area contributed by atoms with Crippen LogP contribution in [0.4, 0.5) is 0 Å². The smallest absolute Gasteiger partial charge is 0.270 e. The maximum atomic E-state index is 13.2. The Kier molecular flexibility index (Phi) is 4.07. The number of aromatic nitrogens is 3. The third-order valence-electron chi connectivity index (χ3n) is 7.02. The number of aryl methyl sites for hydroxylation is 1. The van der Waals surface area contributed by atoms with Crippen LogP contribution in [0.2, 0.25) is 0 Å². The van der Waals surface area contributed by atoms with Crippen molar-refractivity contribution in [2.24, 2.45) is 13.0 Å². The van der Waals surface area contributed by atoms with Crippen molar-refractivity contribution in [2.75, 3.05) is 19.6 Å². The molecule has 7 nitrogen and oxygen atoms in total. The van der Waals surface area contributed by atoms with Gasteiger partial charge in [-0.3, -0.25) is 9.59 Å². The molecular weight excluding hydrogens is 354 g/mol. The normalized spacial score (nSPS) is 21.5. The van der Waals surface area contributed by atoms with Gasteiger partial charge in [-0.15, -0.1) is 0 Å². The molecule has 2 aromatic rings.